The number of carbonyl (C=O) groups is 1. The highest BCUT2D eigenvalue weighted by atomic mass is 79.9. The highest BCUT2D eigenvalue weighted by Gasteiger charge is 2.10. The largest absolute Gasteiger partial charge is 0.478 e. The molecule has 0 unspecified atom stereocenters. The summed E-state index contributed by atoms with van der Waals surface area (Å²) in [6.45, 7) is 0. The monoisotopic (exact) mass is 344 g/mol. The van der Waals surface area contributed by atoms with Crippen LogP contribution in [-0.4, -0.2) is 21.0 Å². The van der Waals surface area contributed by atoms with Crippen LogP contribution in [-0.2, 0) is 0 Å². The molecule has 0 fully saturated rings. The van der Waals surface area contributed by atoms with Crippen LogP contribution in [0.25, 0.3) is 0 Å². The molecule has 0 radical (unpaired) electrons. The van der Waals surface area contributed by atoms with Gasteiger partial charge in [-0.2, -0.15) is 0 Å². The van der Waals surface area contributed by atoms with Crippen LogP contribution in [0.15, 0.2) is 45.0 Å². The molecule has 1 aromatic carbocycles. The van der Waals surface area contributed by atoms with E-state index in [1.165, 1.54) is 18.0 Å². The van der Waals surface area contributed by atoms with Crippen LogP contribution in [0, 0.1) is 0 Å². The number of halogens is 2. The Kier molecular flexibility index (Phi) is 4.21. The van der Waals surface area contributed by atoms with Gasteiger partial charge in [-0.1, -0.05) is 23.4 Å². The molecule has 1 heterocycles. The summed E-state index contributed by atoms with van der Waals surface area (Å²) >= 11 is 10.2. The van der Waals surface area contributed by atoms with Crippen molar-refractivity contribution in [3.63, 3.8) is 0 Å². The second kappa shape index (κ2) is 5.69. The van der Waals surface area contributed by atoms with Crippen molar-refractivity contribution in [2.45, 2.75) is 9.92 Å². The highest BCUT2D eigenvalue weighted by Crippen LogP contribution is 2.29. The number of carboxylic acids is 1. The van der Waals surface area contributed by atoms with Gasteiger partial charge in [-0.3, -0.25) is 4.98 Å². The maximum Gasteiger partial charge on any atom is 0.336 e. The third-order valence-electron chi connectivity index (χ3n) is 1.97. The van der Waals surface area contributed by atoms with Crippen molar-refractivity contribution >= 4 is 45.3 Å². The van der Waals surface area contributed by atoms with Crippen molar-refractivity contribution < 1.29 is 9.90 Å². The lowest BCUT2D eigenvalue weighted by Crippen LogP contribution is -1.97. The van der Waals surface area contributed by atoms with Gasteiger partial charge in [0.2, 0.25) is 0 Å². The minimum atomic E-state index is -0.985. The first-order valence-electron chi connectivity index (χ1n) is 4.74. The van der Waals surface area contributed by atoms with Gasteiger partial charge in [0, 0.05) is 9.37 Å². The molecule has 0 aliphatic carbocycles. The van der Waals surface area contributed by atoms with E-state index < -0.39 is 5.97 Å². The smallest absolute Gasteiger partial charge is 0.336 e. The number of rotatable bonds is 3. The summed E-state index contributed by atoms with van der Waals surface area (Å²) in [5.74, 6) is -0.985. The van der Waals surface area contributed by atoms with E-state index in [9.17, 15) is 4.79 Å². The fourth-order valence-electron chi connectivity index (χ4n) is 1.23. The average molecular weight is 346 g/mol. The summed E-state index contributed by atoms with van der Waals surface area (Å²) in [6, 6.07) is 5.05. The third kappa shape index (κ3) is 3.22. The zero-order chi connectivity index (χ0) is 13.1. The zero-order valence-electron chi connectivity index (χ0n) is 8.80. The van der Waals surface area contributed by atoms with Crippen LogP contribution in [0.2, 0.25) is 5.15 Å². The van der Waals surface area contributed by atoms with Crippen LogP contribution >= 0.6 is 39.3 Å². The Morgan fingerprint density at radius 3 is 2.83 bits per heavy atom. The van der Waals surface area contributed by atoms with E-state index in [1.54, 1.807) is 24.4 Å². The second-order valence-electron chi connectivity index (χ2n) is 3.23. The van der Waals surface area contributed by atoms with Crippen LogP contribution in [0.1, 0.15) is 10.4 Å². The molecule has 1 N–H and O–H groups in total. The molecule has 0 atom stereocenters. The van der Waals surface area contributed by atoms with Crippen molar-refractivity contribution in [2.24, 2.45) is 0 Å². The molecule has 0 spiro atoms. The van der Waals surface area contributed by atoms with E-state index in [0.29, 0.717) is 14.7 Å². The highest BCUT2D eigenvalue weighted by molar-refractivity contribution is 9.10. The molecule has 4 nitrogen and oxygen atoms in total. The normalized spacial score (nSPS) is 10.3. The van der Waals surface area contributed by atoms with Gasteiger partial charge in [0.1, 0.15) is 10.2 Å². The van der Waals surface area contributed by atoms with E-state index >= 15 is 0 Å². The van der Waals surface area contributed by atoms with Crippen molar-refractivity contribution in [1.82, 2.24) is 9.97 Å². The van der Waals surface area contributed by atoms with E-state index in [2.05, 4.69) is 25.9 Å². The van der Waals surface area contributed by atoms with Crippen LogP contribution in [0.3, 0.4) is 0 Å². The number of aromatic carboxylic acids is 1. The van der Waals surface area contributed by atoms with Crippen molar-refractivity contribution in [1.29, 1.82) is 0 Å². The number of benzene rings is 1. The van der Waals surface area contributed by atoms with Crippen LogP contribution < -0.4 is 0 Å². The number of aromatic nitrogens is 2. The maximum atomic E-state index is 11.0. The SMILES string of the molecule is O=C(O)c1cc(Sc2cncc(Cl)n2)ccc1Br. The van der Waals surface area contributed by atoms with Crippen molar-refractivity contribution in [3.05, 3.63) is 45.8 Å². The van der Waals surface area contributed by atoms with Crippen molar-refractivity contribution in [3.8, 4) is 0 Å². The van der Waals surface area contributed by atoms with Crippen molar-refractivity contribution in [2.75, 3.05) is 0 Å². The fraction of sp³-hybridized carbons (Fsp3) is 0. The number of hydrogen-bond acceptors (Lipinski definition) is 4. The lowest BCUT2D eigenvalue weighted by atomic mass is 10.2. The molecule has 1 aromatic heterocycles. The minimum Gasteiger partial charge on any atom is -0.478 e. The predicted molar refractivity (Wildman–Crippen MR) is 72.3 cm³/mol. The van der Waals surface area contributed by atoms with Crippen LogP contribution in [0.5, 0.6) is 0 Å². The van der Waals surface area contributed by atoms with Gasteiger partial charge in [-0.15, -0.1) is 0 Å². The number of nitrogens with zero attached hydrogens (tertiary/aromatic N) is 2. The standard InChI is InChI=1S/C11H6BrClN2O2S/c12-8-2-1-6(3-7(8)11(16)17)18-10-5-14-4-9(13)15-10/h1-5H,(H,16,17). The Labute approximate surface area is 121 Å². The Morgan fingerprint density at radius 1 is 1.39 bits per heavy atom. The molecule has 2 aromatic rings. The Balaban J connectivity index is 2.30. The summed E-state index contributed by atoms with van der Waals surface area (Å²) in [7, 11) is 0. The third-order valence-corrected chi connectivity index (χ3v) is 3.74. The van der Waals surface area contributed by atoms with E-state index in [-0.39, 0.29) is 5.56 Å². The molecule has 7 heteroatoms. The zero-order valence-corrected chi connectivity index (χ0v) is 12.0. The van der Waals surface area contributed by atoms with Gasteiger partial charge in [-0.05, 0) is 34.1 Å². The summed E-state index contributed by atoms with van der Waals surface area (Å²) in [6.07, 6.45) is 3.01. The molecule has 0 amide bonds. The molecule has 0 aliphatic rings. The first-order valence-corrected chi connectivity index (χ1v) is 6.73. The maximum absolute atomic E-state index is 11.0. The van der Waals surface area contributed by atoms with Gasteiger partial charge in [0.05, 0.1) is 18.0 Å². The van der Waals surface area contributed by atoms with E-state index in [0.717, 1.165) is 4.90 Å². The minimum absolute atomic E-state index is 0.204. The van der Waals surface area contributed by atoms with Gasteiger partial charge in [0.25, 0.3) is 0 Å². The molecule has 0 saturated carbocycles. The predicted octanol–water partition coefficient (Wildman–Crippen LogP) is 3.74. The molecule has 18 heavy (non-hydrogen) atoms. The van der Waals surface area contributed by atoms with Gasteiger partial charge in [-0.25, -0.2) is 9.78 Å². The molecular weight excluding hydrogens is 340 g/mol. The number of hydrogen-bond donors (Lipinski definition) is 1. The summed E-state index contributed by atoms with van der Waals surface area (Å²) in [5.41, 5.74) is 0.204. The lowest BCUT2D eigenvalue weighted by Gasteiger charge is -2.04. The van der Waals surface area contributed by atoms with Gasteiger partial charge in [0.15, 0.2) is 0 Å². The molecule has 0 aliphatic heterocycles. The topological polar surface area (TPSA) is 63.1 Å². The average Bonchev–Trinajstić information content (AvgIpc) is 2.31. The molecule has 2 rings (SSSR count). The van der Waals surface area contributed by atoms with E-state index in [4.69, 9.17) is 16.7 Å². The molecule has 0 saturated heterocycles. The van der Waals surface area contributed by atoms with Gasteiger partial charge < -0.3 is 5.11 Å². The number of carboxylic acid groups (broad SMARTS) is 1. The first-order chi connectivity index (χ1) is 8.56. The molecule has 92 valence electrons. The van der Waals surface area contributed by atoms with Gasteiger partial charge >= 0.3 is 5.97 Å². The second-order valence-corrected chi connectivity index (χ2v) is 5.56. The molecule has 0 bridgehead atoms. The van der Waals surface area contributed by atoms with Crippen LogP contribution in [0.4, 0.5) is 0 Å². The quantitative estimate of drug-likeness (QED) is 0.918. The summed E-state index contributed by atoms with van der Waals surface area (Å²) in [5, 5.41) is 9.93. The van der Waals surface area contributed by atoms with E-state index in [1.807, 2.05) is 0 Å². The summed E-state index contributed by atoms with van der Waals surface area (Å²) < 4.78 is 0.538. The first kappa shape index (κ1) is 13.3. The Bertz CT molecular complexity index is 609. The Hall–Kier alpha value is -1.11. The molecular formula is C11H6BrClN2O2S. The lowest BCUT2D eigenvalue weighted by molar-refractivity contribution is 0.0695. The summed E-state index contributed by atoms with van der Waals surface area (Å²) in [4.78, 5) is 19.7. The fourth-order valence-corrected chi connectivity index (χ4v) is 2.65. The Morgan fingerprint density at radius 2 is 2.17 bits per heavy atom.